The minimum absolute atomic E-state index is 0.0323. The second-order valence-corrected chi connectivity index (χ2v) is 6.67. The van der Waals surface area contributed by atoms with Crippen LogP contribution in [0.15, 0.2) is 6.07 Å². The molecule has 108 valence electrons. The van der Waals surface area contributed by atoms with Crippen molar-refractivity contribution in [2.24, 2.45) is 17.6 Å². The Morgan fingerprint density at radius 2 is 2.25 bits per heavy atom. The van der Waals surface area contributed by atoms with Gasteiger partial charge in [0, 0.05) is 6.04 Å². The van der Waals surface area contributed by atoms with Crippen LogP contribution in [0.5, 0.6) is 0 Å². The normalized spacial score (nSPS) is 25.1. The molecule has 3 N–H and O–H groups in total. The summed E-state index contributed by atoms with van der Waals surface area (Å²) < 4.78 is 0. The molecule has 0 saturated heterocycles. The summed E-state index contributed by atoms with van der Waals surface area (Å²) >= 11 is 1.45. The monoisotopic (exact) mass is 290 g/mol. The molecule has 1 aromatic heterocycles. The van der Waals surface area contributed by atoms with E-state index in [1.165, 1.54) is 17.8 Å². The fraction of sp³-hybridized carbons (Fsp3) is 0.562. The smallest absolute Gasteiger partial charge is 0.261 e. The molecule has 1 fully saturated rings. The first-order chi connectivity index (χ1) is 9.52. The fourth-order valence-corrected chi connectivity index (χ4v) is 3.61. The largest absolute Gasteiger partial charge is 0.348 e. The van der Waals surface area contributed by atoms with Crippen LogP contribution in [0.1, 0.15) is 46.8 Å². The first kappa shape index (κ1) is 15.1. The van der Waals surface area contributed by atoms with Crippen molar-refractivity contribution in [3.8, 4) is 11.8 Å². The Labute approximate surface area is 124 Å². The van der Waals surface area contributed by atoms with E-state index in [4.69, 9.17) is 5.73 Å². The summed E-state index contributed by atoms with van der Waals surface area (Å²) in [5.41, 5.74) is 6.43. The summed E-state index contributed by atoms with van der Waals surface area (Å²) in [6.07, 6.45) is 2.28. The van der Waals surface area contributed by atoms with Crippen LogP contribution in [0, 0.1) is 30.6 Å². The van der Waals surface area contributed by atoms with Gasteiger partial charge in [0.1, 0.15) is 0 Å². The predicted octanol–water partition coefficient (Wildman–Crippen LogP) is 2.53. The SMILES string of the molecule is Cc1cc(C(=O)NC2CCC(C)C2C)sc1C#CCN. The number of aryl methyl sites for hydroxylation is 1. The Morgan fingerprint density at radius 1 is 1.50 bits per heavy atom. The zero-order valence-corrected chi connectivity index (χ0v) is 13.1. The summed E-state index contributed by atoms with van der Waals surface area (Å²) in [5, 5.41) is 3.17. The number of hydrogen-bond acceptors (Lipinski definition) is 3. The highest BCUT2D eigenvalue weighted by molar-refractivity contribution is 7.14. The second-order valence-electron chi connectivity index (χ2n) is 5.62. The van der Waals surface area contributed by atoms with Crippen LogP contribution in [0.4, 0.5) is 0 Å². The van der Waals surface area contributed by atoms with Crippen LogP contribution in [0.2, 0.25) is 0 Å². The quantitative estimate of drug-likeness (QED) is 0.822. The third kappa shape index (κ3) is 3.23. The molecule has 1 amide bonds. The number of amides is 1. The third-order valence-electron chi connectivity index (χ3n) is 4.23. The minimum Gasteiger partial charge on any atom is -0.348 e. The van der Waals surface area contributed by atoms with Crippen molar-refractivity contribution in [1.29, 1.82) is 0 Å². The van der Waals surface area contributed by atoms with E-state index >= 15 is 0 Å². The van der Waals surface area contributed by atoms with E-state index in [9.17, 15) is 4.79 Å². The number of rotatable bonds is 2. The molecule has 20 heavy (non-hydrogen) atoms. The van der Waals surface area contributed by atoms with Crippen molar-refractivity contribution >= 4 is 17.2 Å². The molecule has 0 aliphatic heterocycles. The average Bonchev–Trinajstić information content (AvgIpc) is 2.94. The van der Waals surface area contributed by atoms with Gasteiger partial charge in [0.25, 0.3) is 5.91 Å². The van der Waals surface area contributed by atoms with Gasteiger partial charge in [0.05, 0.1) is 16.3 Å². The molecule has 3 unspecified atom stereocenters. The van der Waals surface area contributed by atoms with Crippen molar-refractivity contribution in [3.63, 3.8) is 0 Å². The lowest BCUT2D eigenvalue weighted by Crippen LogP contribution is -2.36. The van der Waals surface area contributed by atoms with Gasteiger partial charge in [-0.25, -0.2) is 0 Å². The number of thiophene rings is 1. The van der Waals surface area contributed by atoms with Gasteiger partial charge in [0.2, 0.25) is 0 Å². The van der Waals surface area contributed by atoms with E-state index in [1.807, 2.05) is 13.0 Å². The molecule has 3 nitrogen and oxygen atoms in total. The molecule has 4 heteroatoms. The zero-order valence-electron chi connectivity index (χ0n) is 12.3. The molecular formula is C16H22N2OS. The Hall–Kier alpha value is -1.31. The number of carbonyl (C=O) groups excluding carboxylic acids is 1. The van der Waals surface area contributed by atoms with Crippen molar-refractivity contribution in [1.82, 2.24) is 5.32 Å². The molecule has 1 saturated carbocycles. The van der Waals surface area contributed by atoms with Crippen LogP contribution in [0.25, 0.3) is 0 Å². The fourth-order valence-electron chi connectivity index (χ4n) is 2.66. The van der Waals surface area contributed by atoms with E-state index < -0.39 is 0 Å². The second kappa shape index (κ2) is 6.43. The highest BCUT2D eigenvalue weighted by Crippen LogP contribution is 2.31. The zero-order chi connectivity index (χ0) is 14.7. The lowest BCUT2D eigenvalue weighted by Gasteiger charge is -2.19. The average molecular weight is 290 g/mol. The molecule has 1 aromatic rings. The Kier molecular flexibility index (Phi) is 4.85. The summed E-state index contributed by atoms with van der Waals surface area (Å²) in [5.74, 6) is 7.14. The Balaban J connectivity index is 2.06. The van der Waals surface area contributed by atoms with Crippen molar-refractivity contribution in [2.45, 2.75) is 39.7 Å². The van der Waals surface area contributed by atoms with E-state index in [0.717, 1.165) is 21.7 Å². The molecule has 0 spiro atoms. The third-order valence-corrected chi connectivity index (χ3v) is 5.38. The maximum atomic E-state index is 12.3. The van der Waals surface area contributed by atoms with Crippen molar-refractivity contribution in [3.05, 3.63) is 21.4 Å². The van der Waals surface area contributed by atoms with Gasteiger partial charge >= 0.3 is 0 Å². The summed E-state index contributed by atoms with van der Waals surface area (Å²) in [7, 11) is 0. The summed E-state index contributed by atoms with van der Waals surface area (Å²) in [6, 6.07) is 2.22. The first-order valence-corrected chi connectivity index (χ1v) is 7.94. The lowest BCUT2D eigenvalue weighted by molar-refractivity contribution is 0.0931. The number of carbonyl (C=O) groups is 1. The molecule has 1 aliphatic rings. The van der Waals surface area contributed by atoms with Crippen LogP contribution >= 0.6 is 11.3 Å². The van der Waals surface area contributed by atoms with Gasteiger partial charge in [-0.2, -0.15) is 0 Å². The van der Waals surface area contributed by atoms with E-state index in [2.05, 4.69) is 31.0 Å². The first-order valence-electron chi connectivity index (χ1n) is 7.13. The summed E-state index contributed by atoms with van der Waals surface area (Å²) in [4.78, 5) is 14.0. The van der Waals surface area contributed by atoms with Crippen molar-refractivity contribution < 1.29 is 4.79 Å². The van der Waals surface area contributed by atoms with Gasteiger partial charge in [-0.05, 0) is 43.2 Å². The van der Waals surface area contributed by atoms with Crippen LogP contribution in [-0.2, 0) is 0 Å². The Bertz CT molecular complexity index is 553. The standard InChI is InChI=1S/C16H22N2OS/c1-10-6-7-13(12(10)3)18-16(19)15-9-11(2)14(20-15)5-4-8-17/h9-10,12-13H,6-8,17H2,1-3H3,(H,18,19). The van der Waals surface area contributed by atoms with Gasteiger partial charge in [-0.15, -0.1) is 11.3 Å². The van der Waals surface area contributed by atoms with Gasteiger partial charge in [-0.3, -0.25) is 4.79 Å². The Morgan fingerprint density at radius 3 is 2.85 bits per heavy atom. The molecule has 1 aliphatic carbocycles. The van der Waals surface area contributed by atoms with Crippen LogP contribution in [-0.4, -0.2) is 18.5 Å². The highest BCUT2D eigenvalue weighted by atomic mass is 32.1. The molecule has 0 aromatic carbocycles. The highest BCUT2D eigenvalue weighted by Gasteiger charge is 2.31. The topological polar surface area (TPSA) is 55.1 Å². The molecule has 3 atom stereocenters. The van der Waals surface area contributed by atoms with Crippen molar-refractivity contribution in [2.75, 3.05) is 6.54 Å². The lowest BCUT2D eigenvalue weighted by atomic mass is 9.98. The molecular weight excluding hydrogens is 268 g/mol. The molecule has 0 radical (unpaired) electrons. The maximum Gasteiger partial charge on any atom is 0.261 e. The molecule has 2 rings (SSSR count). The predicted molar refractivity (Wildman–Crippen MR) is 83.8 cm³/mol. The molecule has 1 heterocycles. The van der Waals surface area contributed by atoms with Crippen LogP contribution < -0.4 is 11.1 Å². The minimum atomic E-state index is 0.0323. The van der Waals surface area contributed by atoms with E-state index in [0.29, 0.717) is 24.4 Å². The maximum absolute atomic E-state index is 12.3. The van der Waals surface area contributed by atoms with E-state index in [-0.39, 0.29) is 5.91 Å². The van der Waals surface area contributed by atoms with Gasteiger partial charge < -0.3 is 11.1 Å². The molecule has 0 bridgehead atoms. The van der Waals surface area contributed by atoms with Crippen LogP contribution in [0.3, 0.4) is 0 Å². The summed E-state index contributed by atoms with van der Waals surface area (Å²) in [6.45, 7) is 6.80. The number of nitrogens with two attached hydrogens (primary N) is 1. The van der Waals surface area contributed by atoms with Gasteiger partial charge in [-0.1, -0.05) is 25.7 Å². The number of nitrogens with one attached hydrogen (secondary N) is 1. The number of hydrogen-bond donors (Lipinski definition) is 2. The van der Waals surface area contributed by atoms with Gasteiger partial charge in [0.15, 0.2) is 0 Å². The van der Waals surface area contributed by atoms with E-state index in [1.54, 1.807) is 0 Å².